The normalized spacial score (nSPS) is 21.2. The Morgan fingerprint density at radius 3 is 3.08 bits per heavy atom. The monoisotopic (exact) mass is 181 g/mol. The van der Waals surface area contributed by atoms with Gasteiger partial charge in [-0.2, -0.15) is 0 Å². The van der Waals surface area contributed by atoms with Crippen molar-refractivity contribution in [1.82, 2.24) is 0 Å². The van der Waals surface area contributed by atoms with E-state index in [2.05, 4.69) is 6.07 Å². The second-order valence-corrected chi connectivity index (χ2v) is 3.82. The number of hydrogen-bond donors (Lipinski definition) is 1. The molecule has 1 heterocycles. The summed E-state index contributed by atoms with van der Waals surface area (Å²) in [6.07, 6.45) is 1.03. The molecule has 3 heteroatoms. The standard InChI is InChI=1S/C9H11NOS/c10-12-8-5-7-3-1-2-4-9(7)11-6-8/h1-4,8H,5-6,10H2. The van der Waals surface area contributed by atoms with Crippen LogP contribution in [-0.2, 0) is 6.42 Å². The first-order valence-corrected chi connectivity index (χ1v) is 4.90. The van der Waals surface area contributed by atoms with Crippen LogP contribution in [0.25, 0.3) is 0 Å². The van der Waals surface area contributed by atoms with Crippen LogP contribution in [0.1, 0.15) is 5.56 Å². The average molecular weight is 181 g/mol. The Labute approximate surface area is 76.2 Å². The lowest BCUT2D eigenvalue weighted by atomic mass is 10.1. The van der Waals surface area contributed by atoms with Crippen LogP contribution in [0.5, 0.6) is 5.75 Å². The van der Waals surface area contributed by atoms with Gasteiger partial charge in [-0.3, -0.25) is 5.14 Å². The zero-order valence-corrected chi connectivity index (χ0v) is 7.51. The summed E-state index contributed by atoms with van der Waals surface area (Å²) in [4.78, 5) is 0. The third-order valence-electron chi connectivity index (χ3n) is 2.04. The van der Waals surface area contributed by atoms with Gasteiger partial charge in [-0.05, 0) is 18.1 Å². The Morgan fingerprint density at radius 2 is 2.25 bits per heavy atom. The van der Waals surface area contributed by atoms with Crippen LogP contribution in [0.3, 0.4) is 0 Å². The van der Waals surface area contributed by atoms with E-state index in [0.29, 0.717) is 5.25 Å². The molecule has 0 aliphatic carbocycles. The molecule has 2 N–H and O–H groups in total. The van der Waals surface area contributed by atoms with Crippen molar-refractivity contribution in [2.24, 2.45) is 5.14 Å². The maximum atomic E-state index is 5.53. The van der Waals surface area contributed by atoms with Gasteiger partial charge in [0.25, 0.3) is 0 Å². The predicted octanol–water partition coefficient (Wildman–Crippen LogP) is 1.60. The molecular formula is C9H11NOS. The summed E-state index contributed by atoms with van der Waals surface area (Å²) in [7, 11) is 0. The number of fused-ring (bicyclic) bond motifs is 1. The number of ether oxygens (including phenoxy) is 1. The molecule has 1 aromatic carbocycles. The Morgan fingerprint density at radius 1 is 1.42 bits per heavy atom. The van der Waals surface area contributed by atoms with Gasteiger partial charge in [0.15, 0.2) is 0 Å². The second-order valence-electron chi connectivity index (χ2n) is 2.88. The lowest BCUT2D eigenvalue weighted by Gasteiger charge is -2.23. The van der Waals surface area contributed by atoms with Gasteiger partial charge in [-0.25, -0.2) is 0 Å². The molecule has 1 aliphatic rings. The van der Waals surface area contributed by atoms with E-state index in [4.69, 9.17) is 9.88 Å². The van der Waals surface area contributed by atoms with Gasteiger partial charge in [0.2, 0.25) is 0 Å². The van der Waals surface area contributed by atoms with Gasteiger partial charge in [0.1, 0.15) is 12.4 Å². The van der Waals surface area contributed by atoms with Crippen molar-refractivity contribution in [1.29, 1.82) is 0 Å². The van der Waals surface area contributed by atoms with Crippen LogP contribution in [0.2, 0.25) is 0 Å². The fraction of sp³-hybridized carbons (Fsp3) is 0.333. The first-order valence-electron chi connectivity index (χ1n) is 3.96. The van der Waals surface area contributed by atoms with Crippen LogP contribution in [0.4, 0.5) is 0 Å². The maximum absolute atomic E-state index is 5.53. The number of hydrogen-bond acceptors (Lipinski definition) is 3. The smallest absolute Gasteiger partial charge is 0.122 e. The lowest BCUT2D eigenvalue weighted by molar-refractivity contribution is 0.294. The number of rotatable bonds is 1. The van der Waals surface area contributed by atoms with E-state index in [1.807, 2.05) is 18.2 Å². The van der Waals surface area contributed by atoms with Gasteiger partial charge in [-0.1, -0.05) is 30.1 Å². The van der Waals surface area contributed by atoms with Gasteiger partial charge in [-0.15, -0.1) is 0 Å². The molecule has 1 atom stereocenters. The van der Waals surface area contributed by atoms with E-state index >= 15 is 0 Å². The largest absolute Gasteiger partial charge is 0.492 e. The number of nitrogens with two attached hydrogens (primary N) is 1. The third-order valence-corrected chi connectivity index (χ3v) is 2.73. The molecular weight excluding hydrogens is 170 g/mol. The molecule has 64 valence electrons. The van der Waals surface area contributed by atoms with Crippen LogP contribution >= 0.6 is 11.9 Å². The number of benzene rings is 1. The minimum absolute atomic E-state index is 0.417. The van der Waals surface area contributed by atoms with E-state index in [0.717, 1.165) is 18.8 Å². The Hall–Kier alpha value is -0.670. The van der Waals surface area contributed by atoms with Gasteiger partial charge >= 0.3 is 0 Å². The molecule has 0 saturated carbocycles. The fourth-order valence-electron chi connectivity index (χ4n) is 1.39. The van der Waals surface area contributed by atoms with Crippen molar-refractivity contribution < 1.29 is 4.74 Å². The van der Waals surface area contributed by atoms with E-state index in [9.17, 15) is 0 Å². The van der Waals surface area contributed by atoms with Gasteiger partial charge in [0.05, 0.1) is 5.25 Å². The van der Waals surface area contributed by atoms with Crippen LogP contribution in [0, 0.1) is 0 Å². The van der Waals surface area contributed by atoms with Crippen molar-refractivity contribution in [2.75, 3.05) is 6.61 Å². The Balaban J connectivity index is 2.23. The zero-order valence-electron chi connectivity index (χ0n) is 6.69. The first kappa shape index (κ1) is 7.95. The van der Waals surface area contributed by atoms with Crippen LogP contribution in [0.15, 0.2) is 24.3 Å². The molecule has 0 radical (unpaired) electrons. The van der Waals surface area contributed by atoms with Crippen LogP contribution < -0.4 is 9.88 Å². The average Bonchev–Trinajstić information content (AvgIpc) is 2.17. The summed E-state index contributed by atoms with van der Waals surface area (Å²) in [5, 5.41) is 5.91. The molecule has 0 spiro atoms. The molecule has 0 amide bonds. The molecule has 2 nitrogen and oxygen atoms in total. The summed E-state index contributed by atoms with van der Waals surface area (Å²) < 4.78 is 5.53. The third kappa shape index (κ3) is 1.42. The van der Waals surface area contributed by atoms with Crippen molar-refractivity contribution in [3.05, 3.63) is 29.8 Å². The molecule has 0 aromatic heterocycles. The molecule has 0 fully saturated rings. The highest BCUT2D eigenvalue weighted by molar-refractivity contribution is 7.97. The lowest BCUT2D eigenvalue weighted by Crippen LogP contribution is -2.24. The summed E-state index contributed by atoms with van der Waals surface area (Å²) >= 11 is 1.38. The summed E-state index contributed by atoms with van der Waals surface area (Å²) in [5.41, 5.74) is 1.27. The van der Waals surface area contributed by atoms with Gasteiger partial charge < -0.3 is 4.74 Å². The Kier molecular flexibility index (Phi) is 2.23. The van der Waals surface area contributed by atoms with E-state index < -0.39 is 0 Å². The van der Waals surface area contributed by atoms with E-state index in [1.165, 1.54) is 17.5 Å². The maximum Gasteiger partial charge on any atom is 0.122 e. The molecule has 0 bridgehead atoms. The second kappa shape index (κ2) is 3.37. The predicted molar refractivity (Wildman–Crippen MR) is 51.2 cm³/mol. The minimum Gasteiger partial charge on any atom is -0.492 e. The minimum atomic E-state index is 0.417. The first-order chi connectivity index (χ1) is 5.90. The highest BCUT2D eigenvalue weighted by Crippen LogP contribution is 2.27. The Bertz CT molecular complexity index is 277. The summed E-state index contributed by atoms with van der Waals surface area (Å²) in [5.74, 6) is 1.02. The highest BCUT2D eigenvalue weighted by atomic mass is 32.2. The van der Waals surface area contributed by atoms with E-state index in [-0.39, 0.29) is 0 Å². The van der Waals surface area contributed by atoms with Crippen molar-refractivity contribution >= 4 is 11.9 Å². The molecule has 1 aliphatic heterocycles. The number of para-hydroxylation sites is 1. The molecule has 0 saturated heterocycles. The highest BCUT2D eigenvalue weighted by Gasteiger charge is 2.18. The molecule has 1 aromatic rings. The summed E-state index contributed by atoms with van der Waals surface area (Å²) in [6, 6.07) is 8.13. The molecule has 12 heavy (non-hydrogen) atoms. The van der Waals surface area contributed by atoms with E-state index in [1.54, 1.807) is 0 Å². The van der Waals surface area contributed by atoms with Crippen molar-refractivity contribution in [3.8, 4) is 5.75 Å². The quantitative estimate of drug-likeness (QED) is 0.668. The topological polar surface area (TPSA) is 35.2 Å². The summed E-state index contributed by atoms with van der Waals surface area (Å²) in [6.45, 7) is 0.734. The molecule has 2 rings (SSSR count). The van der Waals surface area contributed by atoms with Gasteiger partial charge in [0, 0.05) is 0 Å². The van der Waals surface area contributed by atoms with Crippen molar-refractivity contribution in [2.45, 2.75) is 11.7 Å². The van der Waals surface area contributed by atoms with Crippen LogP contribution in [-0.4, -0.2) is 11.9 Å². The fourth-order valence-corrected chi connectivity index (χ4v) is 1.81. The van der Waals surface area contributed by atoms with Crippen molar-refractivity contribution in [3.63, 3.8) is 0 Å². The zero-order chi connectivity index (χ0) is 8.39. The SMILES string of the molecule is NSC1COc2ccccc2C1. The molecule has 1 unspecified atom stereocenters.